The minimum atomic E-state index is -4.77. The number of rotatable bonds is 7. The van der Waals surface area contributed by atoms with Crippen molar-refractivity contribution in [3.05, 3.63) is 47.0 Å². The van der Waals surface area contributed by atoms with Crippen LogP contribution >= 0.6 is 11.6 Å². The van der Waals surface area contributed by atoms with Gasteiger partial charge in [-0.2, -0.15) is 18.2 Å². The Kier molecular flexibility index (Phi) is 7.68. The van der Waals surface area contributed by atoms with Crippen LogP contribution < -0.4 is 14.4 Å². The highest BCUT2D eigenvalue weighted by atomic mass is 35.5. The highest BCUT2D eigenvalue weighted by Crippen LogP contribution is 2.37. The second kappa shape index (κ2) is 10.3. The summed E-state index contributed by atoms with van der Waals surface area (Å²) in [6, 6.07) is 2.52. The number of carbonyl (C=O) groups excluding carboxylic acids is 2. The zero-order valence-electron chi connectivity index (χ0n) is 18.6. The molecule has 0 saturated heterocycles. The maximum absolute atomic E-state index is 14.7. The SMILES string of the molecule is CCOC(=O)C(C)Oc1ncccc1Oc1nc(N2CC=C(C(F)(F)F)N(C)C2=O)c(F)cc1Cl. The van der Waals surface area contributed by atoms with Crippen LogP contribution in [0.4, 0.5) is 28.2 Å². The molecular weight excluding hydrogens is 500 g/mol. The van der Waals surface area contributed by atoms with Crippen molar-refractivity contribution in [3.8, 4) is 17.5 Å². The molecular formula is C21H19ClF4N4O5. The summed E-state index contributed by atoms with van der Waals surface area (Å²) in [5.41, 5.74) is -1.18. The Morgan fingerprint density at radius 1 is 1.31 bits per heavy atom. The lowest BCUT2D eigenvalue weighted by molar-refractivity contribution is -0.150. The summed E-state index contributed by atoms with van der Waals surface area (Å²) < 4.78 is 69.9. The molecule has 2 aromatic rings. The molecule has 0 fully saturated rings. The van der Waals surface area contributed by atoms with Gasteiger partial charge in [-0.25, -0.2) is 19.0 Å². The van der Waals surface area contributed by atoms with Crippen molar-refractivity contribution in [1.82, 2.24) is 14.9 Å². The topological polar surface area (TPSA) is 94.1 Å². The number of hydrogen-bond acceptors (Lipinski definition) is 7. The molecule has 9 nitrogen and oxygen atoms in total. The van der Waals surface area contributed by atoms with Crippen LogP contribution in [0.5, 0.6) is 17.5 Å². The fourth-order valence-electron chi connectivity index (χ4n) is 2.98. The standard InChI is InChI=1S/C21H19ClF4N4O5/c1-4-33-19(31)11(2)34-18-14(6-5-8-27-18)35-17-12(22)10-13(23)16(28-17)30-9-7-15(21(24,25)26)29(3)20(30)32/h5-8,10-11H,4,9H2,1-3H3. The minimum Gasteiger partial charge on any atom is -0.463 e. The van der Waals surface area contributed by atoms with E-state index < -0.39 is 48.2 Å². The maximum Gasteiger partial charge on any atom is 0.431 e. The molecule has 188 valence electrons. The summed E-state index contributed by atoms with van der Waals surface area (Å²) in [6.07, 6.45) is -3.73. The van der Waals surface area contributed by atoms with E-state index in [1.165, 1.54) is 25.3 Å². The highest BCUT2D eigenvalue weighted by molar-refractivity contribution is 6.32. The number of anilines is 1. The molecule has 35 heavy (non-hydrogen) atoms. The molecule has 1 aliphatic heterocycles. The number of esters is 1. The van der Waals surface area contributed by atoms with Crippen LogP contribution in [0.3, 0.4) is 0 Å². The van der Waals surface area contributed by atoms with Gasteiger partial charge in [-0.3, -0.25) is 9.80 Å². The van der Waals surface area contributed by atoms with E-state index in [9.17, 15) is 27.2 Å². The summed E-state index contributed by atoms with van der Waals surface area (Å²) in [7, 11) is 0.906. The van der Waals surface area contributed by atoms with Crippen LogP contribution in [0.1, 0.15) is 13.8 Å². The second-order valence-corrected chi connectivity index (χ2v) is 7.45. The molecule has 0 aromatic carbocycles. The largest absolute Gasteiger partial charge is 0.463 e. The normalized spacial score (nSPS) is 15.0. The van der Waals surface area contributed by atoms with E-state index >= 15 is 0 Å². The molecule has 0 spiro atoms. The first-order chi connectivity index (χ1) is 16.4. The molecule has 2 amide bonds. The number of nitrogens with zero attached hydrogens (tertiary/aromatic N) is 4. The van der Waals surface area contributed by atoms with E-state index in [2.05, 4.69) is 9.97 Å². The Hall–Kier alpha value is -3.61. The molecule has 3 rings (SSSR count). The third-order valence-corrected chi connectivity index (χ3v) is 4.89. The molecule has 0 saturated carbocycles. The Balaban J connectivity index is 1.91. The van der Waals surface area contributed by atoms with Crippen LogP contribution in [-0.2, 0) is 9.53 Å². The van der Waals surface area contributed by atoms with Gasteiger partial charge >= 0.3 is 18.2 Å². The number of ether oxygens (including phenoxy) is 3. The number of pyridine rings is 2. The van der Waals surface area contributed by atoms with Crippen molar-refractivity contribution in [3.63, 3.8) is 0 Å². The van der Waals surface area contributed by atoms with Gasteiger partial charge in [-0.1, -0.05) is 11.6 Å². The van der Waals surface area contributed by atoms with Crippen molar-refractivity contribution in [2.45, 2.75) is 26.1 Å². The molecule has 0 radical (unpaired) electrons. The average molecular weight is 519 g/mol. The summed E-state index contributed by atoms with van der Waals surface area (Å²) in [5.74, 6) is -2.90. The molecule has 1 unspecified atom stereocenters. The molecule has 2 aromatic heterocycles. The first-order valence-corrected chi connectivity index (χ1v) is 10.5. The highest BCUT2D eigenvalue weighted by Gasteiger charge is 2.42. The number of halogens is 5. The van der Waals surface area contributed by atoms with Crippen LogP contribution in [0.15, 0.2) is 36.2 Å². The first kappa shape index (κ1) is 26.0. The van der Waals surface area contributed by atoms with Crippen LogP contribution in [-0.4, -0.2) is 59.3 Å². The summed E-state index contributed by atoms with van der Waals surface area (Å²) >= 11 is 6.05. The van der Waals surface area contributed by atoms with Gasteiger partial charge < -0.3 is 14.2 Å². The number of allylic oxidation sites excluding steroid dienone is 1. The molecule has 0 bridgehead atoms. The zero-order valence-corrected chi connectivity index (χ0v) is 19.4. The third-order valence-electron chi connectivity index (χ3n) is 4.62. The monoisotopic (exact) mass is 518 g/mol. The van der Waals surface area contributed by atoms with Gasteiger partial charge in [0, 0.05) is 25.9 Å². The Labute approximate surface area is 201 Å². The van der Waals surface area contributed by atoms with Gasteiger partial charge in [-0.15, -0.1) is 0 Å². The van der Waals surface area contributed by atoms with Gasteiger partial charge in [-0.05, 0) is 32.1 Å². The number of hydrogen-bond donors (Lipinski definition) is 0. The van der Waals surface area contributed by atoms with Crippen molar-refractivity contribution in [2.24, 2.45) is 0 Å². The summed E-state index contributed by atoms with van der Waals surface area (Å²) in [4.78, 5) is 33.3. The van der Waals surface area contributed by atoms with Crippen molar-refractivity contribution >= 4 is 29.4 Å². The lowest BCUT2D eigenvalue weighted by atomic mass is 10.2. The van der Waals surface area contributed by atoms with E-state index in [4.69, 9.17) is 25.8 Å². The molecule has 1 aliphatic rings. The Morgan fingerprint density at radius 2 is 2.03 bits per heavy atom. The van der Waals surface area contributed by atoms with E-state index in [0.717, 1.165) is 19.2 Å². The minimum absolute atomic E-state index is 0.0584. The molecule has 3 heterocycles. The van der Waals surface area contributed by atoms with E-state index in [1.54, 1.807) is 6.92 Å². The zero-order chi connectivity index (χ0) is 25.9. The smallest absolute Gasteiger partial charge is 0.431 e. The van der Waals surface area contributed by atoms with Gasteiger partial charge in [0.2, 0.25) is 5.88 Å². The lowest BCUT2D eigenvalue weighted by Gasteiger charge is -2.33. The lowest BCUT2D eigenvalue weighted by Crippen LogP contribution is -2.48. The number of amides is 2. The van der Waals surface area contributed by atoms with Crippen molar-refractivity contribution in [1.29, 1.82) is 0 Å². The van der Waals surface area contributed by atoms with Gasteiger partial charge in [0.05, 0.1) is 6.61 Å². The van der Waals surface area contributed by atoms with Gasteiger partial charge in [0.15, 0.2) is 23.5 Å². The third kappa shape index (κ3) is 5.73. The summed E-state index contributed by atoms with van der Waals surface area (Å²) in [6.45, 7) is 2.60. The fourth-order valence-corrected chi connectivity index (χ4v) is 3.16. The van der Waals surface area contributed by atoms with E-state index in [-0.39, 0.29) is 29.1 Å². The van der Waals surface area contributed by atoms with Crippen molar-refractivity contribution in [2.75, 3.05) is 25.1 Å². The van der Waals surface area contributed by atoms with Crippen LogP contribution in [0.25, 0.3) is 0 Å². The predicted molar refractivity (Wildman–Crippen MR) is 115 cm³/mol. The van der Waals surface area contributed by atoms with Crippen LogP contribution in [0.2, 0.25) is 5.02 Å². The number of alkyl halides is 3. The Morgan fingerprint density at radius 3 is 2.69 bits per heavy atom. The fraction of sp³-hybridized carbons (Fsp3) is 0.333. The molecule has 1 atom stereocenters. The molecule has 0 aliphatic carbocycles. The van der Waals surface area contributed by atoms with Crippen molar-refractivity contribution < 1.29 is 41.4 Å². The Bertz CT molecular complexity index is 1160. The van der Waals surface area contributed by atoms with E-state index in [1.807, 2.05) is 0 Å². The number of urea groups is 1. The number of aromatic nitrogens is 2. The van der Waals surface area contributed by atoms with Gasteiger partial charge in [0.1, 0.15) is 10.7 Å². The summed E-state index contributed by atoms with van der Waals surface area (Å²) in [5, 5.41) is -0.302. The predicted octanol–water partition coefficient (Wildman–Crippen LogP) is 4.71. The van der Waals surface area contributed by atoms with E-state index in [0.29, 0.717) is 9.80 Å². The van der Waals surface area contributed by atoms with Gasteiger partial charge in [0.25, 0.3) is 5.88 Å². The number of carbonyl (C=O) groups is 2. The maximum atomic E-state index is 14.7. The first-order valence-electron chi connectivity index (χ1n) is 10.1. The van der Waals surface area contributed by atoms with Crippen LogP contribution in [0, 0.1) is 5.82 Å². The molecule has 14 heteroatoms. The average Bonchev–Trinajstić information content (AvgIpc) is 2.78. The quantitative estimate of drug-likeness (QED) is 0.387. The second-order valence-electron chi connectivity index (χ2n) is 7.04. The molecule has 0 N–H and O–H groups in total.